The van der Waals surface area contributed by atoms with Gasteiger partial charge in [-0.2, -0.15) is 18.4 Å². The van der Waals surface area contributed by atoms with Crippen molar-refractivity contribution >= 4 is 21.7 Å². The number of nitriles is 1. The van der Waals surface area contributed by atoms with Gasteiger partial charge in [0.25, 0.3) is 5.91 Å². The molecule has 0 saturated carbocycles. The second-order valence-electron chi connectivity index (χ2n) is 7.47. The number of rotatable bonds is 7. The number of anilines is 1. The minimum absolute atomic E-state index is 0.00175. The minimum Gasteiger partial charge on any atom is -0.356 e. The smallest absolute Gasteiger partial charge is 0.356 e. The monoisotopic (exact) mass is 481 g/mol. The number of hydrogen-bond acceptors (Lipinski definition) is 6. The molecule has 1 aromatic carbocycles. The van der Waals surface area contributed by atoms with Crippen LogP contribution in [0.1, 0.15) is 35.2 Å². The summed E-state index contributed by atoms with van der Waals surface area (Å²) in [6.45, 7) is 1.05. The first-order chi connectivity index (χ1) is 15.6. The van der Waals surface area contributed by atoms with Crippen molar-refractivity contribution in [2.24, 2.45) is 0 Å². The lowest BCUT2D eigenvalue weighted by Crippen LogP contribution is -2.45. The molecule has 8 nitrogen and oxygen atoms in total. The van der Waals surface area contributed by atoms with E-state index in [1.54, 1.807) is 0 Å². The molecule has 2 aromatic rings. The van der Waals surface area contributed by atoms with E-state index in [1.165, 1.54) is 30.3 Å². The molecule has 1 amide bonds. The number of aromatic nitrogens is 1. The number of nitrogens with zero attached hydrogens (tertiary/aromatic N) is 3. The second kappa shape index (κ2) is 10.2. The average Bonchev–Trinajstić information content (AvgIpc) is 2.79. The number of amides is 1. The molecule has 2 heterocycles. The molecule has 0 unspecified atom stereocenters. The zero-order valence-corrected chi connectivity index (χ0v) is 18.3. The van der Waals surface area contributed by atoms with Crippen molar-refractivity contribution in [3.05, 3.63) is 53.7 Å². The molecule has 1 aliphatic rings. The molecule has 0 atom stereocenters. The Kier molecular flexibility index (Phi) is 7.55. The molecule has 33 heavy (non-hydrogen) atoms. The van der Waals surface area contributed by atoms with E-state index in [9.17, 15) is 26.4 Å². The summed E-state index contributed by atoms with van der Waals surface area (Å²) in [5, 5.41) is 11.4. The van der Waals surface area contributed by atoms with Gasteiger partial charge in [-0.1, -0.05) is 0 Å². The number of pyridine rings is 1. The largest absolute Gasteiger partial charge is 0.417 e. The number of nitrogens with one attached hydrogen (secondary N) is 2. The van der Waals surface area contributed by atoms with Gasteiger partial charge in [0.2, 0.25) is 10.0 Å². The lowest BCUT2D eigenvalue weighted by Gasteiger charge is -2.33. The molecule has 0 aliphatic carbocycles. The second-order valence-corrected chi connectivity index (χ2v) is 9.23. The lowest BCUT2D eigenvalue weighted by atomic mass is 10.0. The van der Waals surface area contributed by atoms with Gasteiger partial charge in [-0.05, 0) is 49.2 Å². The number of sulfonamides is 1. The van der Waals surface area contributed by atoms with Gasteiger partial charge in [0.15, 0.2) is 0 Å². The van der Waals surface area contributed by atoms with Crippen molar-refractivity contribution in [3.8, 4) is 6.07 Å². The molecule has 1 fully saturated rings. The predicted molar refractivity (Wildman–Crippen MR) is 114 cm³/mol. The third kappa shape index (κ3) is 6.43. The van der Waals surface area contributed by atoms with E-state index in [4.69, 9.17) is 5.26 Å². The average molecular weight is 482 g/mol. The maximum absolute atomic E-state index is 12.7. The Morgan fingerprint density at radius 3 is 2.36 bits per heavy atom. The zero-order chi connectivity index (χ0) is 24.1. The topological polar surface area (TPSA) is 115 Å². The maximum atomic E-state index is 12.7. The van der Waals surface area contributed by atoms with Gasteiger partial charge < -0.3 is 10.2 Å². The van der Waals surface area contributed by atoms with Crippen LogP contribution in [0.4, 0.5) is 19.0 Å². The van der Waals surface area contributed by atoms with E-state index in [0.29, 0.717) is 37.3 Å². The van der Waals surface area contributed by atoms with Gasteiger partial charge >= 0.3 is 6.18 Å². The summed E-state index contributed by atoms with van der Waals surface area (Å²) in [5.41, 5.74) is -0.497. The van der Waals surface area contributed by atoms with Gasteiger partial charge in [0.05, 0.1) is 16.5 Å². The van der Waals surface area contributed by atoms with Crippen LogP contribution in [0.2, 0.25) is 0 Å². The SMILES string of the molecule is N#CCCNS(=O)(=O)c1ccc(C(=O)NC2CCN(c3ccc(C(F)(F)F)cn3)CC2)cc1. The summed E-state index contributed by atoms with van der Waals surface area (Å²) in [6.07, 6.45) is -2.40. The van der Waals surface area contributed by atoms with Gasteiger partial charge in [-0.25, -0.2) is 18.1 Å². The van der Waals surface area contributed by atoms with E-state index < -0.39 is 21.8 Å². The molecule has 0 spiro atoms. The van der Waals surface area contributed by atoms with Gasteiger partial charge in [0.1, 0.15) is 5.82 Å². The quantitative estimate of drug-likeness (QED) is 0.588. The highest BCUT2D eigenvalue weighted by Crippen LogP contribution is 2.29. The number of benzene rings is 1. The Labute approximate surface area is 189 Å². The Bertz CT molecular complexity index is 1110. The fraction of sp³-hybridized carbons (Fsp3) is 0.381. The van der Waals surface area contributed by atoms with E-state index in [-0.39, 0.29) is 29.8 Å². The molecule has 2 N–H and O–H groups in total. The highest BCUT2D eigenvalue weighted by molar-refractivity contribution is 7.89. The van der Waals surface area contributed by atoms with Crippen molar-refractivity contribution < 1.29 is 26.4 Å². The van der Waals surface area contributed by atoms with Crippen LogP contribution in [0.3, 0.4) is 0 Å². The predicted octanol–water partition coefficient (Wildman–Crippen LogP) is 2.69. The molecule has 1 aromatic heterocycles. The molecule has 12 heteroatoms. The fourth-order valence-corrected chi connectivity index (χ4v) is 4.40. The van der Waals surface area contributed by atoms with E-state index in [0.717, 1.165) is 12.3 Å². The Hall–Kier alpha value is -3.17. The standard InChI is InChI=1S/C21H22F3N5O3S/c22-21(23,24)16-4-7-19(26-14-16)29-12-8-17(9-13-29)28-20(30)15-2-5-18(6-3-15)33(31,32)27-11-1-10-25/h2-7,14,17,27H,1,8-9,11-13H2,(H,28,30). The number of alkyl halides is 3. The minimum atomic E-state index is -4.43. The number of halogens is 3. The van der Waals surface area contributed by atoms with Crippen LogP contribution in [-0.2, 0) is 16.2 Å². The molecule has 3 rings (SSSR count). The first-order valence-electron chi connectivity index (χ1n) is 10.2. The van der Waals surface area contributed by atoms with Crippen molar-refractivity contribution in [1.82, 2.24) is 15.0 Å². The number of piperidine rings is 1. The van der Waals surface area contributed by atoms with Crippen LogP contribution in [-0.4, -0.2) is 45.0 Å². The van der Waals surface area contributed by atoms with E-state index >= 15 is 0 Å². The van der Waals surface area contributed by atoms with Crippen molar-refractivity contribution in [3.63, 3.8) is 0 Å². The van der Waals surface area contributed by atoms with E-state index in [2.05, 4.69) is 15.0 Å². The molecule has 1 saturated heterocycles. The summed E-state index contributed by atoms with van der Waals surface area (Å²) in [4.78, 5) is 18.3. The Morgan fingerprint density at radius 1 is 1.15 bits per heavy atom. The van der Waals surface area contributed by atoms with Crippen LogP contribution >= 0.6 is 0 Å². The number of hydrogen-bond donors (Lipinski definition) is 2. The molecular formula is C21H22F3N5O3S. The Morgan fingerprint density at radius 2 is 1.82 bits per heavy atom. The van der Waals surface area contributed by atoms with Crippen LogP contribution in [0, 0.1) is 11.3 Å². The zero-order valence-electron chi connectivity index (χ0n) is 17.5. The molecule has 0 radical (unpaired) electrons. The maximum Gasteiger partial charge on any atom is 0.417 e. The number of carbonyl (C=O) groups excluding carboxylic acids is 1. The summed E-state index contributed by atoms with van der Waals surface area (Å²) < 4.78 is 64.6. The van der Waals surface area contributed by atoms with Crippen molar-refractivity contribution in [2.75, 3.05) is 24.5 Å². The van der Waals surface area contributed by atoms with E-state index in [1.807, 2.05) is 11.0 Å². The number of carbonyl (C=O) groups is 1. The summed E-state index contributed by atoms with van der Waals surface area (Å²) in [6, 6.07) is 9.53. The summed E-state index contributed by atoms with van der Waals surface area (Å²) >= 11 is 0. The third-order valence-corrected chi connectivity index (χ3v) is 6.66. The molecule has 0 bridgehead atoms. The summed E-state index contributed by atoms with van der Waals surface area (Å²) in [7, 11) is -3.75. The van der Waals surface area contributed by atoms with Gasteiger partial charge in [0, 0.05) is 43.9 Å². The van der Waals surface area contributed by atoms with Crippen LogP contribution in [0.5, 0.6) is 0 Å². The first-order valence-corrected chi connectivity index (χ1v) is 11.6. The van der Waals surface area contributed by atoms with Gasteiger partial charge in [-0.15, -0.1) is 0 Å². The Balaban J connectivity index is 1.52. The lowest BCUT2D eigenvalue weighted by molar-refractivity contribution is -0.137. The van der Waals surface area contributed by atoms with Crippen molar-refractivity contribution in [1.29, 1.82) is 5.26 Å². The van der Waals surface area contributed by atoms with Gasteiger partial charge in [-0.3, -0.25) is 4.79 Å². The highest BCUT2D eigenvalue weighted by Gasteiger charge is 2.31. The summed E-state index contributed by atoms with van der Waals surface area (Å²) in [5.74, 6) is 0.107. The molecule has 176 valence electrons. The third-order valence-electron chi connectivity index (χ3n) is 5.19. The molecule has 1 aliphatic heterocycles. The van der Waals surface area contributed by atoms with Crippen molar-refractivity contribution in [2.45, 2.75) is 36.4 Å². The first kappa shape index (κ1) is 24.5. The highest BCUT2D eigenvalue weighted by atomic mass is 32.2. The molecular weight excluding hydrogens is 459 g/mol. The van der Waals surface area contributed by atoms with Crippen LogP contribution in [0.25, 0.3) is 0 Å². The van der Waals surface area contributed by atoms with Crippen LogP contribution < -0.4 is 14.9 Å². The normalized spacial score (nSPS) is 15.2. The fourth-order valence-electron chi connectivity index (χ4n) is 3.37. The van der Waals surface area contributed by atoms with Crippen LogP contribution in [0.15, 0.2) is 47.5 Å².